The second kappa shape index (κ2) is 20.4. The van der Waals surface area contributed by atoms with Gasteiger partial charge in [-0.1, -0.05) is 23.2 Å². The van der Waals surface area contributed by atoms with Crippen LogP contribution in [0.15, 0.2) is 58.4 Å². The molecule has 2 saturated carbocycles. The number of ether oxygens (including phenoxy) is 1. The molecule has 2 aliphatic rings. The number of benzene rings is 2. The van der Waals surface area contributed by atoms with Gasteiger partial charge in [-0.2, -0.15) is 26.3 Å². The van der Waals surface area contributed by atoms with Crippen molar-refractivity contribution in [2.45, 2.75) is 108 Å². The van der Waals surface area contributed by atoms with Crippen LogP contribution in [0.4, 0.5) is 26.3 Å². The molecule has 2 aromatic heterocycles. The van der Waals surface area contributed by atoms with Crippen LogP contribution >= 0.6 is 23.2 Å². The van der Waals surface area contributed by atoms with Crippen molar-refractivity contribution in [1.29, 1.82) is 0 Å². The van der Waals surface area contributed by atoms with E-state index in [9.17, 15) is 65.6 Å². The number of nitrogens with one attached hydrogen (secondary N) is 2. The molecule has 5 N–H and O–H groups in total. The number of fused-ring (bicyclic) bond motifs is 2. The minimum atomic E-state index is -4.30. The van der Waals surface area contributed by atoms with Crippen LogP contribution in [0.5, 0.6) is 0 Å². The summed E-state index contributed by atoms with van der Waals surface area (Å²) in [7, 11) is 0. The van der Waals surface area contributed by atoms with Crippen LogP contribution < -0.4 is 21.8 Å². The summed E-state index contributed by atoms with van der Waals surface area (Å²) < 4.78 is 84.9. The van der Waals surface area contributed by atoms with Gasteiger partial charge in [-0.15, -0.1) is 0 Å². The largest absolute Gasteiger partial charge is 0.464 e. The van der Waals surface area contributed by atoms with Crippen molar-refractivity contribution in [3.05, 3.63) is 90.7 Å². The number of aromatic nitrogens is 2. The lowest BCUT2D eigenvalue weighted by atomic mass is 9.78. The molecule has 2 heterocycles. The number of alkyl halides is 6. The number of pyridine rings is 2. The first-order valence-electron chi connectivity index (χ1n) is 20.8. The number of amides is 2. The molecule has 2 fully saturated rings. The van der Waals surface area contributed by atoms with Crippen molar-refractivity contribution in [3.63, 3.8) is 0 Å². The quantitative estimate of drug-likeness (QED) is 0.0753. The summed E-state index contributed by atoms with van der Waals surface area (Å²) in [6.45, 7) is 3.94. The molecule has 0 unspecified atom stereocenters. The Balaban J connectivity index is 0.000000245. The summed E-state index contributed by atoms with van der Waals surface area (Å²) in [4.78, 5) is 62.5. The van der Waals surface area contributed by atoms with Crippen LogP contribution in [0.1, 0.15) is 105 Å². The molecule has 4 aromatic rings. The van der Waals surface area contributed by atoms with Crippen LogP contribution in [0.25, 0.3) is 21.5 Å². The number of aliphatic hydroxyl groups excluding tert-OH is 1. The first kappa shape index (κ1) is 51.3. The summed E-state index contributed by atoms with van der Waals surface area (Å²) in [5, 5.41) is 37.0. The number of aliphatic hydroxyl groups is 3. The van der Waals surface area contributed by atoms with Gasteiger partial charge in [-0.05, 0) is 102 Å². The predicted octanol–water partition coefficient (Wildman–Crippen LogP) is 7.41. The van der Waals surface area contributed by atoms with Gasteiger partial charge < -0.3 is 39.8 Å². The average molecular weight is 964 g/mol. The van der Waals surface area contributed by atoms with Crippen molar-refractivity contribution < 1.29 is 60.8 Å². The Morgan fingerprint density at radius 1 is 0.692 bits per heavy atom. The molecule has 0 radical (unpaired) electrons. The highest BCUT2D eigenvalue weighted by Crippen LogP contribution is 2.42. The van der Waals surface area contributed by atoms with Crippen molar-refractivity contribution in [3.8, 4) is 0 Å². The molecule has 0 aliphatic heterocycles. The van der Waals surface area contributed by atoms with E-state index >= 15 is 0 Å². The number of hydrogen-bond acceptors (Lipinski definition) is 9. The van der Waals surface area contributed by atoms with E-state index in [-0.39, 0.29) is 110 Å². The average Bonchev–Trinajstić information content (AvgIpc) is 3.23. The number of carbonyl (C=O) groups is 3. The highest BCUT2D eigenvalue weighted by molar-refractivity contribution is 6.36. The molecule has 6 rings (SSSR count). The standard InChI is InChI=1S/C23H26ClF3N2O5.C21H24ClF3N2O4/c1-13(11-34-14(2)30)29-10-7-16-17(21(29)32)3-4-18(24)19(16)20(31)28-12-22(33)8-5-15(6-9-22)23(25,26)27;1-12(10-28)27-9-6-14-15(19(27)30)2-3-16(22)17(14)18(29)26-11-20(31)7-4-13(5-8-20)21(23,24)25/h3-4,7,10,13,15,33H,5-6,8-9,11-12H2,1-2H3,(H,28,31);2-3,6,9,12-13,28,31H,4-5,7-8,10-11H2,1H3,(H,26,29)/t13-,15?,22?;12-,13?,20?/m11/s1. The van der Waals surface area contributed by atoms with Crippen LogP contribution in [0.2, 0.25) is 10.0 Å². The molecule has 0 saturated heterocycles. The van der Waals surface area contributed by atoms with E-state index in [0.29, 0.717) is 10.8 Å². The lowest BCUT2D eigenvalue weighted by Crippen LogP contribution is -2.47. The molecule has 2 aliphatic carbocycles. The summed E-state index contributed by atoms with van der Waals surface area (Å²) in [5.41, 5.74) is -3.61. The fourth-order valence-corrected chi connectivity index (χ4v) is 8.68. The minimum Gasteiger partial charge on any atom is -0.464 e. The summed E-state index contributed by atoms with van der Waals surface area (Å²) in [6.07, 6.45) is -6.83. The van der Waals surface area contributed by atoms with Gasteiger partial charge in [0.2, 0.25) is 0 Å². The number of carbonyl (C=O) groups excluding carboxylic acids is 3. The molecular formula is C44H50Cl2F6N4O9. The number of rotatable bonds is 11. The molecule has 356 valence electrons. The first-order valence-corrected chi connectivity index (χ1v) is 21.6. The second-order valence-corrected chi connectivity index (χ2v) is 17.8. The highest BCUT2D eigenvalue weighted by atomic mass is 35.5. The first-order chi connectivity index (χ1) is 30.3. The van der Waals surface area contributed by atoms with Gasteiger partial charge in [-0.3, -0.25) is 24.0 Å². The van der Waals surface area contributed by atoms with Crippen molar-refractivity contribution in [2.24, 2.45) is 11.8 Å². The Hall–Kier alpha value is -4.69. The zero-order chi connectivity index (χ0) is 48.2. The Kier molecular flexibility index (Phi) is 16.1. The van der Waals surface area contributed by atoms with Gasteiger partial charge in [0.25, 0.3) is 22.9 Å². The molecular weight excluding hydrogens is 913 g/mol. The van der Waals surface area contributed by atoms with Gasteiger partial charge in [0.05, 0.1) is 62.9 Å². The lowest BCUT2D eigenvalue weighted by Gasteiger charge is -2.36. The molecule has 13 nitrogen and oxygen atoms in total. The number of nitrogens with zero attached hydrogens (tertiary/aromatic N) is 2. The van der Waals surface area contributed by atoms with Gasteiger partial charge >= 0.3 is 18.3 Å². The van der Waals surface area contributed by atoms with Crippen LogP contribution in [0.3, 0.4) is 0 Å². The fraction of sp³-hybridized carbons (Fsp3) is 0.523. The molecule has 2 amide bonds. The highest BCUT2D eigenvalue weighted by Gasteiger charge is 2.46. The fourth-order valence-electron chi connectivity index (χ4n) is 8.18. The van der Waals surface area contributed by atoms with E-state index in [4.69, 9.17) is 27.9 Å². The third-order valence-corrected chi connectivity index (χ3v) is 12.9. The third-order valence-electron chi connectivity index (χ3n) is 12.2. The normalized spacial score (nSPS) is 22.4. The van der Waals surface area contributed by atoms with Gasteiger partial charge in [0, 0.05) is 54.0 Å². The van der Waals surface area contributed by atoms with E-state index < -0.39 is 76.4 Å². The van der Waals surface area contributed by atoms with Gasteiger partial charge in [-0.25, -0.2) is 0 Å². The number of esters is 1. The van der Waals surface area contributed by atoms with Crippen molar-refractivity contribution in [1.82, 2.24) is 19.8 Å². The van der Waals surface area contributed by atoms with E-state index in [1.807, 2.05) is 0 Å². The van der Waals surface area contributed by atoms with Gasteiger partial charge in [0.1, 0.15) is 6.61 Å². The number of hydrogen-bond donors (Lipinski definition) is 5. The van der Waals surface area contributed by atoms with E-state index in [0.717, 1.165) is 0 Å². The van der Waals surface area contributed by atoms with Crippen LogP contribution in [0, 0.1) is 11.8 Å². The topological polar surface area (TPSA) is 189 Å². The van der Waals surface area contributed by atoms with Crippen LogP contribution in [-0.4, -0.2) is 92.1 Å². The maximum Gasteiger partial charge on any atom is 0.391 e. The maximum atomic E-state index is 13.0. The SMILES string of the molecule is CC(=O)OC[C@@H](C)n1ccc2c(C(=O)NCC3(O)CCC(C(F)(F)F)CC3)c(Cl)ccc2c1=O.C[C@H](CO)n1ccc2c(C(=O)NCC3(O)CCC(C(F)(F)F)CC3)c(Cl)ccc2c1=O. The number of halogens is 8. The third kappa shape index (κ3) is 12.2. The summed E-state index contributed by atoms with van der Waals surface area (Å²) in [6, 6.07) is 7.99. The smallest absolute Gasteiger partial charge is 0.391 e. The molecule has 21 heteroatoms. The Morgan fingerprint density at radius 2 is 1.06 bits per heavy atom. The van der Waals surface area contributed by atoms with Crippen LogP contribution in [-0.2, 0) is 9.53 Å². The lowest BCUT2D eigenvalue weighted by molar-refractivity contribution is -0.192. The Morgan fingerprint density at radius 3 is 1.40 bits per heavy atom. The Bertz CT molecular complexity index is 2510. The molecule has 2 aromatic carbocycles. The van der Waals surface area contributed by atoms with Crippen molar-refractivity contribution in [2.75, 3.05) is 26.3 Å². The predicted molar refractivity (Wildman–Crippen MR) is 230 cm³/mol. The van der Waals surface area contributed by atoms with Gasteiger partial charge in [0.15, 0.2) is 0 Å². The Labute approximate surface area is 378 Å². The molecule has 2 atom stereocenters. The molecule has 0 spiro atoms. The van der Waals surface area contributed by atoms with E-state index in [2.05, 4.69) is 10.6 Å². The second-order valence-electron chi connectivity index (χ2n) is 17.0. The summed E-state index contributed by atoms with van der Waals surface area (Å²) in [5.74, 6) is -4.65. The minimum absolute atomic E-state index is 0.00451. The zero-order valence-electron chi connectivity index (χ0n) is 35.6. The summed E-state index contributed by atoms with van der Waals surface area (Å²) >= 11 is 12.5. The molecule has 65 heavy (non-hydrogen) atoms. The maximum absolute atomic E-state index is 13.0. The van der Waals surface area contributed by atoms with E-state index in [1.165, 1.54) is 52.7 Å². The zero-order valence-corrected chi connectivity index (χ0v) is 37.1. The molecule has 0 bridgehead atoms. The van der Waals surface area contributed by atoms with Crippen molar-refractivity contribution >= 4 is 62.5 Å². The van der Waals surface area contributed by atoms with E-state index in [1.54, 1.807) is 26.0 Å². The monoisotopic (exact) mass is 962 g/mol.